The van der Waals surface area contributed by atoms with Gasteiger partial charge in [-0.05, 0) is 19.9 Å². The number of rotatable bonds is 3. The molecule has 0 radical (unpaired) electrons. The highest BCUT2D eigenvalue weighted by molar-refractivity contribution is 7.99. The molecule has 0 aromatic carbocycles. The van der Waals surface area contributed by atoms with Crippen molar-refractivity contribution in [1.82, 2.24) is 9.97 Å². The first kappa shape index (κ1) is 10.5. The van der Waals surface area contributed by atoms with E-state index >= 15 is 0 Å². The second-order valence-corrected chi connectivity index (χ2v) is 4.50. The average Bonchev–Trinajstić information content (AvgIpc) is 2.02. The zero-order valence-electron chi connectivity index (χ0n) is 8.24. The highest BCUT2D eigenvalue weighted by Crippen LogP contribution is 2.18. The molecule has 1 heterocycles. The summed E-state index contributed by atoms with van der Waals surface area (Å²) in [5, 5.41) is 1.21. The molecule has 0 amide bonds. The Balaban J connectivity index is 2.77. The molecule has 0 saturated heterocycles. The number of aromatic nitrogens is 2. The van der Waals surface area contributed by atoms with Crippen LogP contribution in [0.5, 0.6) is 0 Å². The number of nitrogens with two attached hydrogens (primary N) is 1. The minimum absolute atomic E-state index is 0.376. The molecule has 2 N–H and O–H groups in total. The highest BCUT2D eigenvalue weighted by Gasteiger charge is 2.05. The molecule has 0 unspecified atom stereocenters. The van der Waals surface area contributed by atoms with Crippen LogP contribution in [0.2, 0.25) is 0 Å². The van der Waals surface area contributed by atoms with Gasteiger partial charge < -0.3 is 5.73 Å². The fourth-order valence-corrected chi connectivity index (χ4v) is 1.82. The third kappa shape index (κ3) is 3.32. The van der Waals surface area contributed by atoms with Crippen LogP contribution in [-0.2, 0) is 0 Å². The summed E-state index contributed by atoms with van der Waals surface area (Å²) in [5.41, 5.74) is 7.55. The summed E-state index contributed by atoms with van der Waals surface area (Å²) in [7, 11) is 0. The molecule has 1 aromatic heterocycles. The van der Waals surface area contributed by atoms with Crippen LogP contribution in [-0.4, -0.2) is 21.8 Å². The lowest BCUT2D eigenvalue weighted by molar-refractivity contribution is 0.881. The van der Waals surface area contributed by atoms with Crippen LogP contribution >= 0.6 is 11.8 Å². The topological polar surface area (TPSA) is 51.8 Å². The monoisotopic (exact) mass is 197 g/mol. The Hall–Kier alpha value is -0.610. The molecule has 1 rings (SSSR count). The molecule has 13 heavy (non-hydrogen) atoms. The summed E-state index contributed by atoms with van der Waals surface area (Å²) < 4.78 is 0. The summed E-state index contributed by atoms with van der Waals surface area (Å²) in [6, 6.07) is 1.97. The molecule has 0 fully saturated rings. The van der Waals surface area contributed by atoms with E-state index in [1.165, 1.54) is 0 Å². The first-order chi connectivity index (χ1) is 6.11. The van der Waals surface area contributed by atoms with Crippen molar-refractivity contribution < 1.29 is 0 Å². The van der Waals surface area contributed by atoms with E-state index in [9.17, 15) is 0 Å². The number of aryl methyl sites for hydroxylation is 2. The summed E-state index contributed by atoms with van der Waals surface area (Å²) in [6.45, 7) is 6.68. The van der Waals surface area contributed by atoms with Gasteiger partial charge in [0.25, 0.3) is 0 Å². The third-order valence-electron chi connectivity index (χ3n) is 1.60. The van der Waals surface area contributed by atoms with Crippen LogP contribution in [0.4, 0.5) is 0 Å². The Bertz CT molecular complexity index is 268. The first-order valence-electron chi connectivity index (χ1n) is 4.31. The maximum atomic E-state index is 5.52. The lowest BCUT2D eigenvalue weighted by Gasteiger charge is -2.07. The van der Waals surface area contributed by atoms with E-state index in [4.69, 9.17) is 5.73 Å². The van der Waals surface area contributed by atoms with Gasteiger partial charge in [-0.3, -0.25) is 0 Å². The van der Waals surface area contributed by atoms with Crippen LogP contribution < -0.4 is 5.73 Å². The van der Waals surface area contributed by atoms with Crippen LogP contribution in [0, 0.1) is 13.8 Å². The number of hydrogen-bond donors (Lipinski definition) is 1. The standard InChI is InChI=1S/C9H15N3S/c1-6-4-7(2)12-9(11-6)13-8(3)5-10/h4,8H,5,10H2,1-3H3/t8-/m0/s1. The average molecular weight is 197 g/mol. The largest absolute Gasteiger partial charge is 0.329 e. The van der Waals surface area contributed by atoms with E-state index in [-0.39, 0.29) is 0 Å². The van der Waals surface area contributed by atoms with Crippen molar-refractivity contribution in [2.75, 3.05) is 6.54 Å². The van der Waals surface area contributed by atoms with Gasteiger partial charge in [-0.2, -0.15) is 0 Å². The molecule has 0 bridgehead atoms. The van der Waals surface area contributed by atoms with E-state index in [1.54, 1.807) is 11.8 Å². The van der Waals surface area contributed by atoms with Crippen molar-refractivity contribution in [3.05, 3.63) is 17.5 Å². The molecule has 0 aliphatic rings. The lowest BCUT2D eigenvalue weighted by atomic mass is 10.4. The van der Waals surface area contributed by atoms with Crippen LogP contribution in [0.15, 0.2) is 11.2 Å². The fourth-order valence-electron chi connectivity index (χ4n) is 0.974. The molecular formula is C9H15N3S. The Kier molecular flexibility index (Phi) is 3.69. The van der Waals surface area contributed by atoms with E-state index in [0.29, 0.717) is 11.8 Å². The molecule has 0 aliphatic carbocycles. The van der Waals surface area contributed by atoms with Gasteiger partial charge in [0.05, 0.1) is 0 Å². The molecular weight excluding hydrogens is 182 g/mol. The Morgan fingerprint density at radius 1 is 1.38 bits per heavy atom. The van der Waals surface area contributed by atoms with Crippen molar-refractivity contribution in [3.63, 3.8) is 0 Å². The molecule has 3 nitrogen and oxygen atoms in total. The van der Waals surface area contributed by atoms with Crippen molar-refractivity contribution in [2.45, 2.75) is 31.2 Å². The second kappa shape index (κ2) is 4.58. The summed E-state index contributed by atoms with van der Waals surface area (Å²) in [5.74, 6) is 0. The van der Waals surface area contributed by atoms with E-state index in [2.05, 4.69) is 16.9 Å². The normalized spacial score (nSPS) is 12.9. The first-order valence-corrected chi connectivity index (χ1v) is 5.19. The molecule has 4 heteroatoms. The van der Waals surface area contributed by atoms with E-state index in [1.807, 2.05) is 19.9 Å². The fraction of sp³-hybridized carbons (Fsp3) is 0.556. The van der Waals surface area contributed by atoms with Gasteiger partial charge in [0.2, 0.25) is 0 Å². The molecule has 0 aliphatic heterocycles. The third-order valence-corrected chi connectivity index (χ3v) is 2.59. The molecule has 0 saturated carbocycles. The minimum atomic E-state index is 0.376. The van der Waals surface area contributed by atoms with Crippen molar-refractivity contribution >= 4 is 11.8 Å². The van der Waals surface area contributed by atoms with Crippen molar-refractivity contribution in [3.8, 4) is 0 Å². The maximum absolute atomic E-state index is 5.52. The number of nitrogens with zero attached hydrogens (tertiary/aromatic N) is 2. The smallest absolute Gasteiger partial charge is 0.188 e. The summed E-state index contributed by atoms with van der Waals surface area (Å²) in [4.78, 5) is 8.64. The van der Waals surface area contributed by atoms with Gasteiger partial charge in [0.15, 0.2) is 5.16 Å². The second-order valence-electron chi connectivity index (χ2n) is 3.10. The molecule has 72 valence electrons. The zero-order chi connectivity index (χ0) is 9.84. The Labute approximate surface area is 83.2 Å². The van der Waals surface area contributed by atoms with Crippen LogP contribution in [0.3, 0.4) is 0 Å². The minimum Gasteiger partial charge on any atom is -0.329 e. The summed E-state index contributed by atoms with van der Waals surface area (Å²) >= 11 is 1.62. The molecule has 1 atom stereocenters. The number of hydrogen-bond acceptors (Lipinski definition) is 4. The Morgan fingerprint density at radius 3 is 2.38 bits per heavy atom. The Morgan fingerprint density at radius 2 is 1.92 bits per heavy atom. The van der Waals surface area contributed by atoms with E-state index < -0.39 is 0 Å². The van der Waals surface area contributed by atoms with Crippen molar-refractivity contribution in [2.24, 2.45) is 5.73 Å². The highest BCUT2D eigenvalue weighted by atomic mass is 32.2. The van der Waals surface area contributed by atoms with Crippen LogP contribution in [0.1, 0.15) is 18.3 Å². The van der Waals surface area contributed by atoms with Gasteiger partial charge >= 0.3 is 0 Å². The maximum Gasteiger partial charge on any atom is 0.188 e. The number of thioether (sulfide) groups is 1. The van der Waals surface area contributed by atoms with Crippen LogP contribution in [0.25, 0.3) is 0 Å². The van der Waals surface area contributed by atoms with E-state index in [0.717, 1.165) is 16.5 Å². The predicted molar refractivity (Wildman–Crippen MR) is 55.9 cm³/mol. The van der Waals surface area contributed by atoms with Gasteiger partial charge in [-0.1, -0.05) is 18.7 Å². The lowest BCUT2D eigenvalue weighted by Crippen LogP contribution is -2.13. The summed E-state index contributed by atoms with van der Waals surface area (Å²) in [6.07, 6.45) is 0. The van der Waals surface area contributed by atoms with Gasteiger partial charge in [0.1, 0.15) is 0 Å². The van der Waals surface area contributed by atoms with Gasteiger partial charge in [-0.25, -0.2) is 9.97 Å². The van der Waals surface area contributed by atoms with Gasteiger partial charge in [-0.15, -0.1) is 0 Å². The van der Waals surface area contributed by atoms with Crippen molar-refractivity contribution in [1.29, 1.82) is 0 Å². The molecule has 1 aromatic rings. The zero-order valence-corrected chi connectivity index (χ0v) is 9.06. The molecule has 0 spiro atoms. The SMILES string of the molecule is Cc1cc(C)nc(S[C@@H](C)CN)n1. The quantitative estimate of drug-likeness (QED) is 0.590. The predicted octanol–water partition coefficient (Wildman–Crippen LogP) is 1.53. The van der Waals surface area contributed by atoms with Gasteiger partial charge in [0, 0.05) is 23.2 Å².